The first kappa shape index (κ1) is 15.2. The third-order valence-corrected chi connectivity index (χ3v) is 4.42. The lowest BCUT2D eigenvalue weighted by molar-refractivity contribution is -0.122. The number of amides is 1. The maximum Gasteiger partial charge on any atom is 0.238 e. The fourth-order valence-corrected chi connectivity index (χ4v) is 3.20. The maximum atomic E-state index is 11.9. The van der Waals surface area contributed by atoms with Gasteiger partial charge in [-0.2, -0.15) is 0 Å². The van der Waals surface area contributed by atoms with Crippen molar-refractivity contribution in [2.75, 3.05) is 25.3 Å². The summed E-state index contributed by atoms with van der Waals surface area (Å²) >= 11 is 1.76. The standard InChI is InChI=1S/C15H22N2O2S/c1-3-11-4-5-14(19-2)12(8-11)6-7-16-15(18)13-9-20-10-17-13/h4-5,8,13,17H,3,6-7,9-10H2,1-2H3,(H,16,18). The highest BCUT2D eigenvalue weighted by Crippen LogP contribution is 2.20. The Morgan fingerprint density at radius 1 is 1.55 bits per heavy atom. The van der Waals surface area contributed by atoms with E-state index in [1.807, 2.05) is 6.07 Å². The molecule has 0 aliphatic carbocycles. The fourth-order valence-electron chi connectivity index (χ4n) is 2.25. The Morgan fingerprint density at radius 3 is 3.05 bits per heavy atom. The Kier molecular flexibility index (Phi) is 5.73. The van der Waals surface area contributed by atoms with Gasteiger partial charge in [0.2, 0.25) is 5.91 Å². The molecule has 20 heavy (non-hydrogen) atoms. The lowest BCUT2D eigenvalue weighted by Gasteiger charge is -2.13. The number of ether oxygens (including phenoxy) is 1. The second-order valence-corrected chi connectivity index (χ2v) is 5.84. The van der Waals surface area contributed by atoms with Gasteiger partial charge in [-0.15, -0.1) is 11.8 Å². The minimum atomic E-state index is -0.0381. The SMILES string of the molecule is CCc1ccc(OC)c(CCNC(=O)C2CSCN2)c1. The van der Waals surface area contributed by atoms with Crippen LogP contribution >= 0.6 is 11.8 Å². The van der Waals surface area contributed by atoms with Gasteiger partial charge in [-0.25, -0.2) is 0 Å². The second kappa shape index (κ2) is 7.55. The molecule has 1 aliphatic rings. The van der Waals surface area contributed by atoms with Crippen molar-refractivity contribution in [3.8, 4) is 5.75 Å². The summed E-state index contributed by atoms with van der Waals surface area (Å²) in [6.45, 7) is 2.78. The van der Waals surface area contributed by atoms with Gasteiger partial charge in [0.15, 0.2) is 0 Å². The average molecular weight is 294 g/mol. The highest BCUT2D eigenvalue weighted by molar-refractivity contribution is 7.99. The van der Waals surface area contributed by atoms with Crippen molar-refractivity contribution in [1.29, 1.82) is 0 Å². The quantitative estimate of drug-likeness (QED) is 0.836. The molecule has 5 heteroatoms. The van der Waals surface area contributed by atoms with Crippen LogP contribution in [-0.4, -0.2) is 37.2 Å². The van der Waals surface area contributed by atoms with Crippen LogP contribution in [0.5, 0.6) is 5.75 Å². The molecule has 4 nitrogen and oxygen atoms in total. The summed E-state index contributed by atoms with van der Waals surface area (Å²) in [4.78, 5) is 11.9. The highest BCUT2D eigenvalue weighted by Gasteiger charge is 2.21. The number of aryl methyl sites for hydroxylation is 1. The van der Waals surface area contributed by atoms with Crippen molar-refractivity contribution in [3.63, 3.8) is 0 Å². The van der Waals surface area contributed by atoms with Crippen LogP contribution < -0.4 is 15.4 Å². The molecule has 0 saturated carbocycles. The number of carbonyl (C=O) groups excluding carboxylic acids is 1. The van der Waals surface area contributed by atoms with Crippen molar-refractivity contribution < 1.29 is 9.53 Å². The predicted molar refractivity (Wildman–Crippen MR) is 83.3 cm³/mol. The molecule has 1 aromatic carbocycles. The Hall–Kier alpha value is -1.20. The van der Waals surface area contributed by atoms with E-state index in [1.165, 1.54) is 5.56 Å². The number of benzene rings is 1. The maximum absolute atomic E-state index is 11.9. The zero-order valence-corrected chi connectivity index (χ0v) is 12.9. The summed E-state index contributed by atoms with van der Waals surface area (Å²) in [5.41, 5.74) is 2.45. The summed E-state index contributed by atoms with van der Waals surface area (Å²) in [6.07, 6.45) is 1.80. The number of hydrogen-bond acceptors (Lipinski definition) is 4. The third-order valence-electron chi connectivity index (χ3n) is 3.48. The van der Waals surface area contributed by atoms with Crippen molar-refractivity contribution in [2.45, 2.75) is 25.8 Å². The largest absolute Gasteiger partial charge is 0.496 e. The van der Waals surface area contributed by atoms with Gasteiger partial charge in [-0.05, 0) is 30.0 Å². The second-order valence-electron chi connectivity index (χ2n) is 4.81. The fraction of sp³-hybridized carbons (Fsp3) is 0.533. The summed E-state index contributed by atoms with van der Waals surface area (Å²) in [5, 5.41) is 6.16. The summed E-state index contributed by atoms with van der Waals surface area (Å²) < 4.78 is 5.37. The van der Waals surface area contributed by atoms with Crippen molar-refractivity contribution >= 4 is 17.7 Å². The normalized spacial score (nSPS) is 18.0. The molecule has 1 heterocycles. The lowest BCUT2D eigenvalue weighted by atomic mass is 10.1. The molecular formula is C15H22N2O2S. The van der Waals surface area contributed by atoms with Gasteiger partial charge < -0.3 is 10.1 Å². The molecule has 1 fully saturated rings. The van der Waals surface area contributed by atoms with E-state index in [0.717, 1.165) is 35.8 Å². The van der Waals surface area contributed by atoms with Gasteiger partial charge in [0.1, 0.15) is 5.75 Å². The summed E-state index contributed by atoms with van der Waals surface area (Å²) in [7, 11) is 1.68. The van der Waals surface area contributed by atoms with Crippen LogP contribution in [-0.2, 0) is 17.6 Å². The van der Waals surface area contributed by atoms with E-state index in [2.05, 4.69) is 29.7 Å². The van der Waals surface area contributed by atoms with Crippen LogP contribution in [0, 0.1) is 0 Å². The molecule has 0 radical (unpaired) electrons. The molecule has 1 amide bonds. The van der Waals surface area contributed by atoms with E-state index in [-0.39, 0.29) is 11.9 Å². The zero-order chi connectivity index (χ0) is 14.4. The first-order valence-corrected chi connectivity index (χ1v) is 8.14. The molecule has 0 aromatic heterocycles. The van der Waals surface area contributed by atoms with E-state index in [1.54, 1.807) is 18.9 Å². The van der Waals surface area contributed by atoms with E-state index in [4.69, 9.17) is 4.74 Å². The van der Waals surface area contributed by atoms with Crippen molar-refractivity contribution in [1.82, 2.24) is 10.6 Å². The number of nitrogens with one attached hydrogen (secondary N) is 2. The van der Waals surface area contributed by atoms with E-state index in [0.29, 0.717) is 6.54 Å². The molecule has 1 saturated heterocycles. The number of methoxy groups -OCH3 is 1. The van der Waals surface area contributed by atoms with Crippen molar-refractivity contribution in [2.24, 2.45) is 0 Å². The molecule has 1 unspecified atom stereocenters. The molecule has 1 aliphatic heterocycles. The predicted octanol–water partition coefficient (Wildman–Crippen LogP) is 1.58. The van der Waals surface area contributed by atoms with E-state index in [9.17, 15) is 4.79 Å². The average Bonchev–Trinajstić information content (AvgIpc) is 3.01. The molecule has 1 atom stereocenters. The Bertz CT molecular complexity index is 459. The minimum Gasteiger partial charge on any atom is -0.496 e. The Balaban J connectivity index is 1.87. The van der Waals surface area contributed by atoms with Crippen LogP contribution in [0.3, 0.4) is 0 Å². The number of hydrogen-bond donors (Lipinski definition) is 2. The molecule has 2 rings (SSSR count). The van der Waals surface area contributed by atoms with Gasteiger partial charge in [-0.3, -0.25) is 10.1 Å². The van der Waals surface area contributed by atoms with Crippen LogP contribution in [0.15, 0.2) is 18.2 Å². The minimum absolute atomic E-state index is 0.0381. The number of rotatable bonds is 6. The number of thioether (sulfide) groups is 1. The molecular weight excluding hydrogens is 272 g/mol. The highest BCUT2D eigenvalue weighted by atomic mass is 32.2. The van der Waals surface area contributed by atoms with Gasteiger partial charge in [0.25, 0.3) is 0 Å². The van der Waals surface area contributed by atoms with Gasteiger partial charge >= 0.3 is 0 Å². The van der Waals surface area contributed by atoms with Crippen LogP contribution in [0.1, 0.15) is 18.1 Å². The Morgan fingerprint density at radius 2 is 2.40 bits per heavy atom. The van der Waals surface area contributed by atoms with E-state index < -0.39 is 0 Å². The third kappa shape index (κ3) is 3.90. The monoisotopic (exact) mass is 294 g/mol. The van der Waals surface area contributed by atoms with Gasteiger partial charge in [-0.1, -0.05) is 19.1 Å². The molecule has 2 N–H and O–H groups in total. The molecule has 0 spiro atoms. The Labute approximate surface area is 124 Å². The topological polar surface area (TPSA) is 50.4 Å². The van der Waals surface area contributed by atoms with Gasteiger partial charge in [0.05, 0.1) is 13.2 Å². The molecule has 110 valence electrons. The van der Waals surface area contributed by atoms with Crippen molar-refractivity contribution in [3.05, 3.63) is 29.3 Å². The summed E-state index contributed by atoms with van der Waals surface area (Å²) in [6, 6.07) is 6.21. The van der Waals surface area contributed by atoms with Crippen LogP contribution in [0.2, 0.25) is 0 Å². The van der Waals surface area contributed by atoms with Crippen LogP contribution in [0.4, 0.5) is 0 Å². The lowest BCUT2D eigenvalue weighted by Crippen LogP contribution is -2.42. The smallest absolute Gasteiger partial charge is 0.238 e. The van der Waals surface area contributed by atoms with E-state index >= 15 is 0 Å². The molecule has 1 aromatic rings. The van der Waals surface area contributed by atoms with Crippen LogP contribution in [0.25, 0.3) is 0 Å². The molecule has 0 bridgehead atoms. The number of carbonyl (C=O) groups is 1. The first-order valence-electron chi connectivity index (χ1n) is 6.99. The van der Waals surface area contributed by atoms with Gasteiger partial charge in [0, 0.05) is 18.2 Å². The summed E-state index contributed by atoms with van der Waals surface area (Å²) in [5.74, 6) is 2.72. The first-order chi connectivity index (χ1) is 9.74. The zero-order valence-electron chi connectivity index (χ0n) is 12.1.